The van der Waals surface area contributed by atoms with Crippen LogP contribution in [0.3, 0.4) is 0 Å². The fraction of sp³-hybridized carbons (Fsp3) is 0.333. The molecule has 1 amide bonds. The molecular weight excluding hydrogens is 328 g/mol. The molecule has 2 rings (SSSR count). The van der Waals surface area contributed by atoms with Crippen molar-refractivity contribution in [3.63, 3.8) is 0 Å². The van der Waals surface area contributed by atoms with Gasteiger partial charge in [0.2, 0.25) is 11.8 Å². The molecule has 5 heteroatoms. The van der Waals surface area contributed by atoms with E-state index < -0.39 is 0 Å². The summed E-state index contributed by atoms with van der Waals surface area (Å²) in [5.41, 5.74) is 2.92. The van der Waals surface area contributed by atoms with E-state index in [0.29, 0.717) is 19.1 Å². The van der Waals surface area contributed by atoms with Crippen LogP contribution < -0.4 is 10.1 Å². The summed E-state index contributed by atoms with van der Waals surface area (Å²) in [6.45, 7) is 4.53. The number of hydrogen-bond donors (Lipinski definition) is 1. The fourth-order valence-electron chi connectivity index (χ4n) is 2.39. The Morgan fingerprint density at radius 3 is 2.42 bits per heavy atom. The van der Waals surface area contributed by atoms with Gasteiger partial charge < -0.3 is 14.8 Å². The van der Waals surface area contributed by atoms with Crippen molar-refractivity contribution in [2.75, 3.05) is 20.3 Å². The molecule has 0 fully saturated rings. The van der Waals surface area contributed by atoms with Gasteiger partial charge in [-0.2, -0.15) is 0 Å². The minimum Gasteiger partial charge on any atom is -0.475 e. The Kier molecular flexibility index (Phi) is 7.66. The predicted molar refractivity (Wildman–Crippen MR) is 101 cm³/mol. The van der Waals surface area contributed by atoms with Crippen molar-refractivity contribution in [2.45, 2.75) is 26.3 Å². The van der Waals surface area contributed by atoms with Crippen molar-refractivity contribution in [2.24, 2.45) is 0 Å². The zero-order chi connectivity index (χ0) is 18.8. The molecule has 0 radical (unpaired) electrons. The molecule has 26 heavy (non-hydrogen) atoms. The van der Waals surface area contributed by atoms with Crippen LogP contribution in [-0.4, -0.2) is 37.3 Å². The van der Waals surface area contributed by atoms with Crippen LogP contribution in [0.4, 0.5) is 0 Å². The SMILES string of the molecule is COCCOc1ccc(C#Cc2ccc(CC(C)NC(C)=O)cc2)cn1. The lowest BCUT2D eigenvalue weighted by Gasteiger charge is -2.12. The Labute approximate surface area is 154 Å². The van der Waals surface area contributed by atoms with Crippen molar-refractivity contribution in [1.29, 1.82) is 0 Å². The maximum atomic E-state index is 11.1. The molecule has 1 aromatic carbocycles. The zero-order valence-electron chi connectivity index (χ0n) is 15.4. The number of nitrogens with one attached hydrogen (secondary N) is 1. The van der Waals surface area contributed by atoms with Gasteiger partial charge in [0, 0.05) is 43.5 Å². The van der Waals surface area contributed by atoms with Crippen LogP contribution in [-0.2, 0) is 16.0 Å². The molecule has 1 heterocycles. The van der Waals surface area contributed by atoms with Crippen LogP contribution in [0.25, 0.3) is 0 Å². The second kappa shape index (κ2) is 10.2. The molecule has 0 spiro atoms. The van der Waals surface area contributed by atoms with Gasteiger partial charge in [0.1, 0.15) is 6.61 Å². The third-order valence-corrected chi connectivity index (χ3v) is 3.57. The molecule has 1 atom stereocenters. The molecule has 1 aromatic heterocycles. The lowest BCUT2D eigenvalue weighted by molar-refractivity contribution is -0.119. The molecular formula is C21H24N2O3. The number of pyridine rings is 1. The standard InChI is InChI=1S/C21H24N2O3/c1-16(23-17(2)24)14-19-7-4-18(5-8-19)6-9-20-10-11-21(22-15-20)26-13-12-25-3/h4-5,7-8,10-11,15-16H,12-14H2,1-3H3,(H,23,24). The second-order valence-corrected chi connectivity index (χ2v) is 5.98. The van der Waals surface area contributed by atoms with Crippen LogP contribution in [0.2, 0.25) is 0 Å². The number of ether oxygens (including phenoxy) is 2. The van der Waals surface area contributed by atoms with Gasteiger partial charge in [0.05, 0.1) is 6.61 Å². The van der Waals surface area contributed by atoms with E-state index in [2.05, 4.69) is 22.1 Å². The Hall–Kier alpha value is -2.84. The number of carbonyl (C=O) groups excluding carboxylic acids is 1. The molecule has 5 nitrogen and oxygen atoms in total. The van der Waals surface area contributed by atoms with Crippen LogP contribution in [0.5, 0.6) is 5.88 Å². The van der Waals surface area contributed by atoms with Gasteiger partial charge in [0.25, 0.3) is 0 Å². The van der Waals surface area contributed by atoms with Gasteiger partial charge in [0.15, 0.2) is 0 Å². The van der Waals surface area contributed by atoms with E-state index in [-0.39, 0.29) is 11.9 Å². The van der Waals surface area contributed by atoms with E-state index in [9.17, 15) is 4.79 Å². The predicted octanol–water partition coefficient (Wildman–Crippen LogP) is 2.57. The van der Waals surface area contributed by atoms with Crippen LogP contribution in [0.15, 0.2) is 42.6 Å². The number of hydrogen-bond acceptors (Lipinski definition) is 4. The normalized spacial score (nSPS) is 11.2. The smallest absolute Gasteiger partial charge is 0.217 e. The van der Waals surface area contributed by atoms with Gasteiger partial charge in [-0.15, -0.1) is 0 Å². The quantitative estimate of drug-likeness (QED) is 0.615. The number of nitrogens with zero attached hydrogens (tertiary/aromatic N) is 1. The highest BCUT2D eigenvalue weighted by Crippen LogP contribution is 2.08. The van der Waals surface area contributed by atoms with E-state index in [1.807, 2.05) is 37.3 Å². The molecule has 0 bridgehead atoms. The van der Waals surface area contributed by atoms with Crippen molar-refractivity contribution in [1.82, 2.24) is 10.3 Å². The van der Waals surface area contributed by atoms with Crippen LogP contribution >= 0.6 is 0 Å². The molecule has 0 saturated carbocycles. The Balaban J connectivity index is 1.92. The number of aromatic nitrogens is 1. The van der Waals surface area contributed by atoms with Crippen LogP contribution in [0.1, 0.15) is 30.5 Å². The fourth-order valence-corrected chi connectivity index (χ4v) is 2.39. The monoisotopic (exact) mass is 352 g/mol. The number of carbonyl (C=O) groups is 1. The number of methoxy groups -OCH3 is 1. The molecule has 0 aliphatic heterocycles. The number of rotatable bonds is 7. The molecule has 1 N–H and O–H groups in total. The summed E-state index contributed by atoms with van der Waals surface area (Å²) in [5.74, 6) is 6.77. The number of benzene rings is 1. The first-order chi connectivity index (χ1) is 12.6. The molecule has 0 aliphatic carbocycles. The van der Waals surface area contributed by atoms with Gasteiger partial charge in [-0.05, 0) is 37.1 Å². The molecule has 136 valence electrons. The average Bonchev–Trinajstić information content (AvgIpc) is 2.62. The molecule has 2 aromatic rings. The topological polar surface area (TPSA) is 60.5 Å². The first-order valence-corrected chi connectivity index (χ1v) is 8.52. The van der Waals surface area contributed by atoms with Gasteiger partial charge in [-0.25, -0.2) is 4.98 Å². The minimum atomic E-state index is -0.0105. The first-order valence-electron chi connectivity index (χ1n) is 8.52. The summed E-state index contributed by atoms with van der Waals surface area (Å²) in [7, 11) is 1.63. The third kappa shape index (κ3) is 6.96. The first kappa shape index (κ1) is 19.5. The summed E-state index contributed by atoms with van der Waals surface area (Å²) in [5, 5.41) is 2.88. The number of amides is 1. The van der Waals surface area contributed by atoms with Gasteiger partial charge >= 0.3 is 0 Å². The van der Waals surface area contributed by atoms with E-state index in [1.54, 1.807) is 19.4 Å². The molecule has 1 unspecified atom stereocenters. The molecule has 0 saturated heterocycles. The Morgan fingerprint density at radius 2 is 1.81 bits per heavy atom. The second-order valence-electron chi connectivity index (χ2n) is 5.98. The van der Waals surface area contributed by atoms with Crippen molar-refractivity contribution in [3.05, 3.63) is 59.3 Å². The minimum absolute atomic E-state index is 0.0105. The Morgan fingerprint density at radius 1 is 1.12 bits per heavy atom. The average molecular weight is 352 g/mol. The van der Waals surface area contributed by atoms with Crippen molar-refractivity contribution < 1.29 is 14.3 Å². The summed E-state index contributed by atoms with van der Waals surface area (Å²) in [4.78, 5) is 15.3. The summed E-state index contributed by atoms with van der Waals surface area (Å²) < 4.78 is 10.3. The zero-order valence-corrected chi connectivity index (χ0v) is 15.4. The summed E-state index contributed by atoms with van der Waals surface area (Å²) >= 11 is 0. The highest BCUT2D eigenvalue weighted by atomic mass is 16.5. The lowest BCUT2D eigenvalue weighted by atomic mass is 10.1. The van der Waals surface area contributed by atoms with E-state index in [1.165, 1.54) is 6.92 Å². The summed E-state index contributed by atoms with van der Waals surface area (Å²) in [6, 6.07) is 11.8. The van der Waals surface area contributed by atoms with E-state index in [0.717, 1.165) is 23.1 Å². The molecule has 0 aliphatic rings. The van der Waals surface area contributed by atoms with Gasteiger partial charge in [-0.1, -0.05) is 24.0 Å². The highest BCUT2D eigenvalue weighted by Gasteiger charge is 2.04. The van der Waals surface area contributed by atoms with E-state index in [4.69, 9.17) is 9.47 Å². The third-order valence-electron chi connectivity index (χ3n) is 3.57. The van der Waals surface area contributed by atoms with Crippen molar-refractivity contribution in [3.8, 4) is 17.7 Å². The van der Waals surface area contributed by atoms with Gasteiger partial charge in [-0.3, -0.25) is 4.79 Å². The summed E-state index contributed by atoms with van der Waals surface area (Å²) in [6.07, 6.45) is 2.49. The maximum absolute atomic E-state index is 11.1. The largest absolute Gasteiger partial charge is 0.475 e. The van der Waals surface area contributed by atoms with Crippen LogP contribution in [0, 0.1) is 11.8 Å². The lowest BCUT2D eigenvalue weighted by Crippen LogP contribution is -2.31. The highest BCUT2D eigenvalue weighted by molar-refractivity contribution is 5.73. The van der Waals surface area contributed by atoms with E-state index >= 15 is 0 Å². The van der Waals surface area contributed by atoms with Crippen molar-refractivity contribution >= 4 is 5.91 Å². The maximum Gasteiger partial charge on any atom is 0.217 e. The Bertz CT molecular complexity index is 759.